The number of aromatic nitrogens is 1. The highest BCUT2D eigenvalue weighted by atomic mass is 16.5. The fourth-order valence-corrected chi connectivity index (χ4v) is 4.05. The Kier molecular flexibility index (Phi) is 9.19. The van der Waals surface area contributed by atoms with Crippen LogP contribution >= 0.6 is 0 Å². The first-order valence-corrected chi connectivity index (χ1v) is 10.2. The van der Waals surface area contributed by atoms with Crippen molar-refractivity contribution in [3.05, 3.63) is 29.1 Å². The number of ether oxygens (including phenoxy) is 1. The zero-order chi connectivity index (χ0) is 22.1. The van der Waals surface area contributed by atoms with Gasteiger partial charge in [0, 0.05) is 30.4 Å². The number of pyridine rings is 1. The van der Waals surface area contributed by atoms with Gasteiger partial charge >= 0.3 is 0 Å². The first-order valence-electron chi connectivity index (χ1n) is 10.2. The molecule has 0 bridgehead atoms. The SMILES string of the molecule is Cc1cc(CC(=O)N[C@@H]2CC[C@H](C(=O)N3CCOCC3)C[C@H]2O)cc(C)n1.O=CO. The molecule has 1 saturated heterocycles. The second-order valence-electron chi connectivity index (χ2n) is 7.73. The highest BCUT2D eigenvalue weighted by molar-refractivity contribution is 5.80. The molecule has 30 heavy (non-hydrogen) atoms. The number of hydrogen-bond acceptors (Lipinski definition) is 6. The molecule has 2 heterocycles. The number of hydrogen-bond donors (Lipinski definition) is 3. The molecule has 3 atom stereocenters. The van der Waals surface area contributed by atoms with Crippen LogP contribution in [0.5, 0.6) is 0 Å². The van der Waals surface area contributed by atoms with E-state index >= 15 is 0 Å². The van der Waals surface area contributed by atoms with Crippen molar-refractivity contribution < 1.29 is 29.3 Å². The lowest BCUT2D eigenvalue weighted by Gasteiger charge is -2.36. The molecule has 0 radical (unpaired) electrons. The standard InChI is InChI=1S/C20H29N3O4.CH2O2/c1-13-9-15(10-14(2)21-13)11-19(25)22-17-4-3-16(12-18(17)24)20(26)23-5-7-27-8-6-23;2-1-3/h9-10,16-18,24H,3-8,11-12H2,1-2H3,(H,22,25);1H,(H,2,3)/t16-,17+,18+;/m0./s1. The van der Waals surface area contributed by atoms with Gasteiger partial charge in [-0.25, -0.2) is 0 Å². The molecular formula is C21H31N3O6. The summed E-state index contributed by atoms with van der Waals surface area (Å²) < 4.78 is 5.29. The van der Waals surface area contributed by atoms with Gasteiger partial charge in [0.1, 0.15) is 0 Å². The van der Waals surface area contributed by atoms with Crippen molar-refractivity contribution in [2.24, 2.45) is 5.92 Å². The van der Waals surface area contributed by atoms with Gasteiger partial charge in [-0.05, 0) is 50.8 Å². The Balaban J connectivity index is 0.00000101. The van der Waals surface area contributed by atoms with Crippen LogP contribution in [0.2, 0.25) is 0 Å². The van der Waals surface area contributed by atoms with Crippen LogP contribution in [0.3, 0.4) is 0 Å². The number of aliphatic hydroxyl groups is 1. The highest BCUT2D eigenvalue weighted by Crippen LogP contribution is 2.27. The molecule has 1 aromatic heterocycles. The Labute approximate surface area is 176 Å². The van der Waals surface area contributed by atoms with Crippen LogP contribution < -0.4 is 5.32 Å². The largest absolute Gasteiger partial charge is 0.483 e. The monoisotopic (exact) mass is 421 g/mol. The summed E-state index contributed by atoms with van der Waals surface area (Å²) >= 11 is 0. The van der Waals surface area contributed by atoms with Crippen LogP contribution in [0, 0.1) is 19.8 Å². The minimum atomic E-state index is -0.696. The van der Waals surface area contributed by atoms with E-state index in [4.69, 9.17) is 14.6 Å². The van der Waals surface area contributed by atoms with Crippen LogP contribution in [0.15, 0.2) is 12.1 Å². The second kappa shape index (κ2) is 11.6. The van der Waals surface area contributed by atoms with E-state index in [1.54, 1.807) is 0 Å². The van der Waals surface area contributed by atoms with Crippen molar-refractivity contribution in [3.63, 3.8) is 0 Å². The fraction of sp³-hybridized carbons (Fsp3) is 0.619. The summed E-state index contributed by atoms with van der Waals surface area (Å²) in [6, 6.07) is 3.51. The maximum absolute atomic E-state index is 12.6. The van der Waals surface area contributed by atoms with Crippen LogP contribution in [-0.4, -0.2) is 76.8 Å². The number of morpholine rings is 1. The van der Waals surface area contributed by atoms with Crippen molar-refractivity contribution in [1.82, 2.24) is 15.2 Å². The van der Waals surface area contributed by atoms with E-state index in [9.17, 15) is 14.7 Å². The third kappa shape index (κ3) is 7.07. The molecule has 3 N–H and O–H groups in total. The van der Waals surface area contributed by atoms with Gasteiger partial charge in [0.05, 0.1) is 31.8 Å². The van der Waals surface area contributed by atoms with E-state index in [2.05, 4.69) is 10.3 Å². The zero-order valence-corrected chi connectivity index (χ0v) is 17.5. The van der Waals surface area contributed by atoms with Gasteiger partial charge in [-0.2, -0.15) is 0 Å². The number of rotatable bonds is 4. The maximum atomic E-state index is 12.6. The quantitative estimate of drug-likeness (QED) is 0.602. The molecule has 2 fully saturated rings. The fourth-order valence-electron chi connectivity index (χ4n) is 4.05. The molecule has 1 aliphatic heterocycles. The molecule has 1 aromatic rings. The molecule has 9 heteroatoms. The topological polar surface area (TPSA) is 129 Å². The van der Waals surface area contributed by atoms with E-state index < -0.39 is 6.10 Å². The van der Waals surface area contributed by atoms with Crippen molar-refractivity contribution in [1.29, 1.82) is 0 Å². The summed E-state index contributed by atoms with van der Waals surface area (Å²) in [5.41, 5.74) is 2.70. The molecule has 2 amide bonds. The maximum Gasteiger partial charge on any atom is 0.290 e. The Bertz CT molecular complexity index is 715. The normalized spacial score (nSPS) is 23.7. The summed E-state index contributed by atoms with van der Waals surface area (Å²) in [4.78, 5) is 39.5. The van der Waals surface area contributed by atoms with Gasteiger partial charge in [0.2, 0.25) is 11.8 Å². The van der Waals surface area contributed by atoms with E-state index in [1.165, 1.54) is 0 Å². The number of aliphatic hydroxyl groups excluding tert-OH is 1. The van der Waals surface area contributed by atoms with Crippen molar-refractivity contribution in [2.45, 2.75) is 51.7 Å². The summed E-state index contributed by atoms with van der Waals surface area (Å²) in [6.45, 7) is 5.96. The van der Waals surface area contributed by atoms with Crippen molar-refractivity contribution >= 4 is 18.3 Å². The first kappa shape index (κ1) is 23.8. The van der Waals surface area contributed by atoms with Gasteiger partial charge in [-0.1, -0.05) is 0 Å². The van der Waals surface area contributed by atoms with Gasteiger partial charge < -0.3 is 25.2 Å². The number of nitrogens with one attached hydrogen (secondary N) is 1. The number of aryl methyl sites for hydroxylation is 2. The van der Waals surface area contributed by atoms with Gasteiger partial charge in [0.25, 0.3) is 6.47 Å². The third-order valence-electron chi connectivity index (χ3n) is 5.34. The molecular weight excluding hydrogens is 390 g/mol. The Morgan fingerprint density at radius 1 is 1.23 bits per heavy atom. The van der Waals surface area contributed by atoms with Crippen LogP contribution in [0.25, 0.3) is 0 Å². The lowest BCUT2D eigenvalue weighted by molar-refractivity contribution is -0.142. The van der Waals surface area contributed by atoms with Gasteiger partial charge in [-0.3, -0.25) is 19.4 Å². The minimum Gasteiger partial charge on any atom is -0.483 e. The second-order valence-corrected chi connectivity index (χ2v) is 7.73. The molecule has 1 saturated carbocycles. The number of amides is 2. The molecule has 0 aromatic carbocycles. The smallest absolute Gasteiger partial charge is 0.290 e. The summed E-state index contributed by atoms with van der Waals surface area (Å²) in [6.07, 6.45) is 1.27. The summed E-state index contributed by atoms with van der Waals surface area (Å²) in [7, 11) is 0. The highest BCUT2D eigenvalue weighted by Gasteiger charge is 2.35. The third-order valence-corrected chi connectivity index (χ3v) is 5.34. The van der Waals surface area contributed by atoms with Gasteiger partial charge in [-0.15, -0.1) is 0 Å². The molecule has 0 unspecified atom stereocenters. The number of carboxylic acid groups (broad SMARTS) is 1. The molecule has 166 valence electrons. The van der Waals surface area contributed by atoms with Crippen LogP contribution in [-0.2, 0) is 25.5 Å². The number of carbonyl (C=O) groups is 3. The average molecular weight is 421 g/mol. The molecule has 1 aliphatic carbocycles. The molecule has 2 aliphatic rings. The van der Waals surface area contributed by atoms with Gasteiger partial charge in [0.15, 0.2) is 0 Å². The van der Waals surface area contributed by atoms with Crippen LogP contribution in [0.1, 0.15) is 36.2 Å². The average Bonchev–Trinajstić information content (AvgIpc) is 2.69. The van der Waals surface area contributed by atoms with Crippen molar-refractivity contribution in [3.8, 4) is 0 Å². The first-order chi connectivity index (χ1) is 14.3. The summed E-state index contributed by atoms with van der Waals surface area (Å²) in [5.74, 6) is -0.177. The predicted molar refractivity (Wildman–Crippen MR) is 109 cm³/mol. The number of carbonyl (C=O) groups excluding carboxylic acids is 2. The lowest BCUT2D eigenvalue weighted by Crippen LogP contribution is -2.51. The van der Waals surface area contributed by atoms with Crippen LogP contribution in [0.4, 0.5) is 0 Å². The summed E-state index contributed by atoms with van der Waals surface area (Å²) in [5, 5.41) is 20.3. The molecule has 0 spiro atoms. The number of nitrogens with zero attached hydrogens (tertiary/aromatic N) is 2. The van der Waals surface area contributed by atoms with E-state index in [0.717, 1.165) is 17.0 Å². The molecule has 9 nitrogen and oxygen atoms in total. The lowest BCUT2D eigenvalue weighted by atomic mass is 9.83. The van der Waals surface area contributed by atoms with E-state index in [1.807, 2.05) is 30.9 Å². The Hall–Kier alpha value is -2.52. The van der Waals surface area contributed by atoms with E-state index in [0.29, 0.717) is 45.6 Å². The Morgan fingerprint density at radius 3 is 2.40 bits per heavy atom. The van der Waals surface area contributed by atoms with Crippen molar-refractivity contribution in [2.75, 3.05) is 26.3 Å². The predicted octanol–water partition coefficient (Wildman–Crippen LogP) is 0.446. The Morgan fingerprint density at radius 2 is 1.83 bits per heavy atom. The minimum absolute atomic E-state index is 0.102. The van der Waals surface area contributed by atoms with E-state index in [-0.39, 0.29) is 36.7 Å². The zero-order valence-electron chi connectivity index (χ0n) is 17.5. The molecule has 3 rings (SSSR count).